The highest BCUT2D eigenvalue weighted by atomic mass is 16.5. The minimum absolute atomic E-state index is 0.0831. The second kappa shape index (κ2) is 7.76. The quantitative estimate of drug-likeness (QED) is 0.708. The van der Waals surface area contributed by atoms with E-state index in [4.69, 9.17) is 9.47 Å². The normalized spacial score (nSPS) is 17.0. The number of likely N-dealkylation sites (N-methyl/N-ethyl adjacent to an activating group) is 1. The molecule has 1 N–H and O–H groups in total. The van der Waals surface area contributed by atoms with Gasteiger partial charge < -0.3 is 19.7 Å². The van der Waals surface area contributed by atoms with Crippen molar-refractivity contribution in [2.45, 2.75) is 20.8 Å². The van der Waals surface area contributed by atoms with Crippen LogP contribution in [0.4, 0.5) is 0 Å². The van der Waals surface area contributed by atoms with Crippen LogP contribution in [0.2, 0.25) is 0 Å². The molecule has 0 spiro atoms. The zero-order valence-electron chi connectivity index (χ0n) is 13.4. The van der Waals surface area contributed by atoms with Gasteiger partial charge in [0.1, 0.15) is 6.61 Å². The van der Waals surface area contributed by atoms with Crippen molar-refractivity contribution >= 4 is 5.78 Å². The Morgan fingerprint density at radius 3 is 2.55 bits per heavy atom. The summed E-state index contributed by atoms with van der Waals surface area (Å²) >= 11 is 0. The third-order valence-electron chi connectivity index (χ3n) is 3.08. The number of ketones is 1. The molecule has 0 radical (unpaired) electrons. The Balaban J connectivity index is 2.45. The minimum atomic E-state index is -0.158. The molecule has 0 saturated carbocycles. The van der Waals surface area contributed by atoms with E-state index in [0.29, 0.717) is 19.8 Å². The molecule has 1 aliphatic rings. The lowest BCUT2D eigenvalue weighted by Crippen LogP contribution is -2.35. The third-order valence-corrected chi connectivity index (χ3v) is 3.08. The SMILES string of the molecule is CN(C)CCOCCNC1=C(C(C)(C)C)C(=O)COC1. The summed E-state index contributed by atoms with van der Waals surface area (Å²) in [5.74, 6) is 0.0831. The van der Waals surface area contributed by atoms with E-state index in [9.17, 15) is 4.79 Å². The van der Waals surface area contributed by atoms with Crippen LogP contribution >= 0.6 is 0 Å². The molecule has 0 aromatic heterocycles. The van der Waals surface area contributed by atoms with E-state index in [1.807, 2.05) is 14.1 Å². The number of carbonyl (C=O) groups is 1. The molecule has 0 amide bonds. The number of ether oxygens (including phenoxy) is 2. The van der Waals surface area contributed by atoms with Crippen molar-refractivity contribution in [2.24, 2.45) is 5.41 Å². The maximum absolute atomic E-state index is 12.0. The summed E-state index contributed by atoms with van der Waals surface area (Å²) in [4.78, 5) is 14.1. The molecular weight excluding hydrogens is 256 g/mol. The third kappa shape index (κ3) is 5.61. The fourth-order valence-corrected chi connectivity index (χ4v) is 2.19. The summed E-state index contributed by atoms with van der Waals surface area (Å²) in [7, 11) is 4.04. The maximum atomic E-state index is 12.0. The fourth-order valence-electron chi connectivity index (χ4n) is 2.19. The van der Waals surface area contributed by atoms with Crippen LogP contribution in [0.5, 0.6) is 0 Å². The van der Waals surface area contributed by atoms with Gasteiger partial charge in [-0.1, -0.05) is 20.8 Å². The summed E-state index contributed by atoms with van der Waals surface area (Å²) in [5, 5.41) is 3.29. The molecule has 0 unspecified atom stereocenters. The van der Waals surface area contributed by atoms with Crippen molar-refractivity contribution in [2.75, 3.05) is 53.6 Å². The van der Waals surface area contributed by atoms with Crippen molar-refractivity contribution in [3.8, 4) is 0 Å². The smallest absolute Gasteiger partial charge is 0.186 e. The van der Waals surface area contributed by atoms with Gasteiger partial charge in [0.2, 0.25) is 0 Å². The zero-order valence-corrected chi connectivity index (χ0v) is 13.4. The number of rotatable bonds is 7. The lowest BCUT2D eigenvalue weighted by molar-refractivity contribution is -0.122. The van der Waals surface area contributed by atoms with Gasteiger partial charge in [0, 0.05) is 24.4 Å². The number of hydrogen-bond acceptors (Lipinski definition) is 5. The number of nitrogens with zero attached hydrogens (tertiary/aromatic N) is 1. The Morgan fingerprint density at radius 1 is 1.25 bits per heavy atom. The van der Waals surface area contributed by atoms with Crippen molar-refractivity contribution in [3.63, 3.8) is 0 Å². The van der Waals surface area contributed by atoms with Gasteiger partial charge in [-0.3, -0.25) is 4.79 Å². The van der Waals surface area contributed by atoms with Crippen LogP contribution < -0.4 is 5.32 Å². The number of nitrogens with one attached hydrogen (secondary N) is 1. The van der Waals surface area contributed by atoms with Crippen molar-refractivity contribution in [1.82, 2.24) is 10.2 Å². The topological polar surface area (TPSA) is 50.8 Å². The van der Waals surface area contributed by atoms with Crippen LogP contribution in [-0.2, 0) is 14.3 Å². The second-order valence-corrected chi connectivity index (χ2v) is 6.36. The van der Waals surface area contributed by atoms with Gasteiger partial charge in [0.15, 0.2) is 5.78 Å². The first-order chi connectivity index (χ1) is 9.32. The van der Waals surface area contributed by atoms with E-state index >= 15 is 0 Å². The second-order valence-electron chi connectivity index (χ2n) is 6.36. The van der Waals surface area contributed by atoms with Crippen molar-refractivity contribution in [1.29, 1.82) is 0 Å². The van der Waals surface area contributed by atoms with Crippen LogP contribution in [0.25, 0.3) is 0 Å². The number of Topliss-reactive ketones (excluding diaryl/α,β-unsaturated/α-hetero) is 1. The minimum Gasteiger partial charge on any atom is -0.384 e. The maximum Gasteiger partial charge on any atom is 0.186 e. The predicted molar refractivity (Wildman–Crippen MR) is 79.7 cm³/mol. The van der Waals surface area contributed by atoms with E-state index in [2.05, 4.69) is 31.0 Å². The first kappa shape index (κ1) is 17.1. The monoisotopic (exact) mass is 284 g/mol. The molecule has 5 heteroatoms. The van der Waals surface area contributed by atoms with Gasteiger partial charge in [0.25, 0.3) is 0 Å². The molecule has 1 rings (SSSR count). The molecule has 1 aliphatic heterocycles. The van der Waals surface area contributed by atoms with Gasteiger partial charge in [-0.25, -0.2) is 0 Å². The summed E-state index contributed by atoms with van der Waals surface area (Å²) in [6.07, 6.45) is 0. The van der Waals surface area contributed by atoms with Gasteiger partial charge in [-0.2, -0.15) is 0 Å². The number of hydrogen-bond donors (Lipinski definition) is 1. The van der Waals surface area contributed by atoms with Crippen molar-refractivity contribution in [3.05, 3.63) is 11.3 Å². The van der Waals surface area contributed by atoms with Gasteiger partial charge in [0.05, 0.1) is 19.8 Å². The molecule has 0 atom stereocenters. The van der Waals surface area contributed by atoms with E-state index < -0.39 is 0 Å². The Hall–Kier alpha value is -0.910. The summed E-state index contributed by atoms with van der Waals surface area (Å²) in [6.45, 7) is 9.80. The van der Waals surface area contributed by atoms with Crippen LogP contribution in [-0.4, -0.2) is 64.3 Å². The van der Waals surface area contributed by atoms with E-state index in [-0.39, 0.29) is 17.8 Å². The Kier molecular flexibility index (Phi) is 6.65. The summed E-state index contributed by atoms with van der Waals surface area (Å²) in [6, 6.07) is 0. The summed E-state index contributed by atoms with van der Waals surface area (Å²) < 4.78 is 10.8. The molecule has 1 heterocycles. The molecule has 0 aromatic rings. The first-order valence-corrected chi connectivity index (χ1v) is 7.13. The average molecular weight is 284 g/mol. The highest BCUT2D eigenvalue weighted by Crippen LogP contribution is 2.30. The molecule has 5 nitrogen and oxygen atoms in total. The van der Waals surface area contributed by atoms with Crippen LogP contribution in [0, 0.1) is 5.41 Å². The summed E-state index contributed by atoms with van der Waals surface area (Å²) in [5.41, 5.74) is 1.61. The Morgan fingerprint density at radius 2 is 1.95 bits per heavy atom. The van der Waals surface area contributed by atoms with Crippen LogP contribution in [0.1, 0.15) is 20.8 Å². The van der Waals surface area contributed by atoms with Gasteiger partial charge >= 0.3 is 0 Å². The highest BCUT2D eigenvalue weighted by Gasteiger charge is 2.30. The highest BCUT2D eigenvalue weighted by molar-refractivity contribution is 5.98. The molecule has 0 aliphatic carbocycles. The molecular formula is C15H28N2O3. The largest absolute Gasteiger partial charge is 0.384 e. The zero-order chi connectivity index (χ0) is 15.2. The standard InChI is InChI=1S/C15H28N2O3/c1-15(2,3)14-12(10-20-11-13(14)18)16-6-8-19-9-7-17(4)5/h16H,6-11H2,1-5H3. The van der Waals surface area contributed by atoms with E-state index in [1.54, 1.807) is 0 Å². The lowest BCUT2D eigenvalue weighted by atomic mass is 9.82. The molecule has 0 fully saturated rings. The fraction of sp³-hybridized carbons (Fsp3) is 0.800. The molecule has 0 bridgehead atoms. The van der Waals surface area contributed by atoms with E-state index in [1.165, 1.54) is 0 Å². The molecule has 0 saturated heterocycles. The van der Waals surface area contributed by atoms with E-state index in [0.717, 1.165) is 24.4 Å². The Labute approximate surface area is 122 Å². The predicted octanol–water partition coefficient (Wildman–Crippen LogP) is 1.05. The van der Waals surface area contributed by atoms with Crippen LogP contribution in [0.15, 0.2) is 11.3 Å². The van der Waals surface area contributed by atoms with Crippen LogP contribution in [0.3, 0.4) is 0 Å². The lowest BCUT2D eigenvalue weighted by Gasteiger charge is -2.29. The molecule has 20 heavy (non-hydrogen) atoms. The van der Waals surface area contributed by atoms with Gasteiger partial charge in [-0.15, -0.1) is 0 Å². The first-order valence-electron chi connectivity index (χ1n) is 7.13. The van der Waals surface area contributed by atoms with Crippen molar-refractivity contribution < 1.29 is 14.3 Å². The molecule has 116 valence electrons. The Bertz CT molecular complexity index is 357. The average Bonchev–Trinajstić information content (AvgIpc) is 2.31. The molecule has 0 aromatic carbocycles. The van der Waals surface area contributed by atoms with Gasteiger partial charge in [-0.05, 0) is 19.5 Å². The number of carbonyl (C=O) groups excluding carboxylic acids is 1.